The summed E-state index contributed by atoms with van der Waals surface area (Å²) in [4.78, 5) is 5.03. The van der Waals surface area contributed by atoms with Crippen molar-refractivity contribution in [1.82, 2.24) is 0 Å². The first kappa shape index (κ1) is 17.3. The van der Waals surface area contributed by atoms with Gasteiger partial charge in [0.2, 0.25) is 0 Å². The maximum atomic E-state index is 13.0. The van der Waals surface area contributed by atoms with Crippen LogP contribution < -0.4 is 15.3 Å². The number of rotatable bonds is 8. The van der Waals surface area contributed by atoms with E-state index in [1.807, 2.05) is 61.5 Å². The summed E-state index contributed by atoms with van der Waals surface area (Å²) in [6.07, 6.45) is 2.55. The van der Waals surface area contributed by atoms with Crippen LogP contribution in [0.2, 0.25) is 0 Å². The summed E-state index contributed by atoms with van der Waals surface area (Å²) in [5.41, 5.74) is 0. The van der Waals surface area contributed by atoms with E-state index >= 15 is 0 Å². The van der Waals surface area contributed by atoms with Crippen LogP contribution >= 0.6 is 7.14 Å². The van der Waals surface area contributed by atoms with E-state index in [1.54, 1.807) is 12.9 Å². The Hall–Kier alpha value is -2.06. The number of benzene rings is 2. The molecule has 1 unspecified atom stereocenters. The Morgan fingerprint density at radius 2 is 1.65 bits per heavy atom. The summed E-state index contributed by atoms with van der Waals surface area (Å²) in [7, 11) is -2.56. The van der Waals surface area contributed by atoms with Crippen LogP contribution in [0.5, 0.6) is 5.75 Å². The molecule has 5 heteroatoms. The molecule has 0 N–H and O–H groups in total. The van der Waals surface area contributed by atoms with Gasteiger partial charge in [-0.15, -0.1) is 0 Å². The first-order valence-corrected chi connectivity index (χ1v) is 9.80. The molecular formula is C18H22NO3P. The average molecular weight is 331 g/mol. The number of nitrogens with zero attached hydrogens (tertiary/aromatic N) is 1. The molecule has 23 heavy (non-hydrogen) atoms. The Morgan fingerprint density at radius 3 is 2.30 bits per heavy atom. The molecule has 4 nitrogen and oxygen atoms in total. The first-order valence-electron chi connectivity index (χ1n) is 7.65. The van der Waals surface area contributed by atoms with Crippen LogP contribution in [0, 0.1) is 0 Å². The van der Waals surface area contributed by atoms with Crippen molar-refractivity contribution in [2.75, 3.05) is 19.9 Å². The molecule has 0 aliphatic rings. The van der Waals surface area contributed by atoms with Crippen LogP contribution in [0.3, 0.4) is 0 Å². The van der Waals surface area contributed by atoms with Crippen LogP contribution in [0.4, 0.5) is 0 Å². The molecule has 0 saturated heterocycles. The van der Waals surface area contributed by atoms with E-state index in [-0.39, 0.29) is 0 Å². The minimum absolute atomic E-state index is 0.397. The molecule has 0 fully saturated rings. The molecule has 0 amide bonds. The highest BCUT2D eigenvalue weighted by Crippen LogP contribution is 2.38. The molecule has 0 aromatic heterocycles. The van der Waals surface area contributed by atoms with Gasteiger partial charge in [-0.1, -0.05) is 42.4 Å². The Balaban J connectivity index is 1.94. The molecule has 0 aliphatic heterocycles. The lowest BCUT2D eigenvalue weighted by Gasteiger charge is -2.14. The maximum Gasteiger partial charge on any atom is 0.151 e. The van der Waals surface area contributed by atoms with E-state index in [0.29, 0.717) is 13.2 Å². The van der Waals surface area contributed by atoms with E-state index in [9.17, 15) is 4.57 Å². The summed E-state index contributed by atoms with van der Waals surface area (Å²) >= 11 is 0. The average Bonchev–Trinajstić information content (AvgIpc) is 2.59. The van der Waals surface area contributed by atoms with Crippen molar-refractivity contribution < 1.29 is 14.1 Å². The van der Waals surface area contributed by atoms with Crippen molar-refractivity contribution in [2.24, 2.45) is 5.16 Å². The van der Waals surface area contributed by atoms with Crippen molar-refractivity contribution in [3.8, 4) is 5.75 Å². The topological polar surface area (TPSA) is 47.9 Å². The fourth-order valence-corrected chi connectivity index (χ4v) is 3.82. The summed E-state index contributed by atoms with van der Waals surface area (Å²) < 4.78 is 18.6. The standard InChI is InChI=1S/C18H22NO3P/c1-3-13-19-22-15-14-21-16-9-11-18(12-10-16)23(2,20)17-7-5-4-6-8-17/h4-13H,3,14-15H2,1-2H3/b19-13+. The van der Waals surface area contributed by atoms with E-state index < -0.39 is 7.14 Å². The van der Waals surface area contributed by atoms with Crippen molar-refractivity contribution in [3.05, 3.63) is 54.6 Å². The molecule has 2 aromatic rings. The van der Waals surface area contributed by atoms with Gasteiger partial charge in [-0.25, -0.2) is 0 Å². The second kappa shape index (κ2) is 8.54. The number of oxime groups is 1. The molecular weight excluding hydrogens is 309 g/mol. The van der Waals surface area contributed by atoms with Gasteiger partial charge < -0.3 is 14.1 Å². The molecule has 0 saturated carbocycles. The van der Waals surface area contributed by atoms with Crippen molar-refractivity contribution >= 4 is 24.0 Å². The van der Waals surface area contributed by atoms with E-state index in [2.05, 4.69) is 5.16 Å². The summed E-state index contributed by atoms with van der Waals surface area (Å²) in [5.74, 6) is 0.727. The van der Waals surface area contributed by atoms with Gasteiger partial charge in [0.15, 0.2) is 6.61 Å². The third-order valence-electron chi connectivity index (χ3n) is 3.35. The number of ether oxygens (including phenoxy) is 1. The molecule has 0 heterocycles. The third-order valence-corrected chi connectivity index (χ3v) is 5.92. The second-order valence-corrected chi connectivity index (χ2v) is 8.01. The van der Waals surface area contributed by atoms with E-state index in [0.717, 1.165) is 22.8 Å². The zero-order chi connectivity index (χ0) is 16.5. The minimum Gasteiger partial charge on any atom is -0.490 e. The smallest absolute Gasteiger partial charge is 0.151 e. The second-order valence-electron chi connectivity index (χ2n) is 5.13. The van der Waals surface area contributed by atoms with Gasteiger partial charge in [0, 0.05) is 16.8 Å². The fraction of sp³-hybridized carbons (Fsp3) is 0.278. The maximum absolute atomic E-state index is 13.0. The predicted octanol–water partition coefficient (Wildman–Crippen LogP) is 3.42. The highest BCUT2D eigenvalue weighted by Gasteiger charge is 2.20. The van der Waals surface area contributed by atoms with Gasteiger partial charge in [-0.3, -0.25) is 0 Å². The quantitative estimate of drug-likeness (QED) is 0.322. The largest absolute Gasteiger partial charge is 0.490 e. The zero-order valence-corrected chi connectivity index (χ0v) is 14.4. The summed E-state index contributed by atoms with van der Waals surface area (Å²) in [5, 5.41) is 5.44. The lowest BCUT2D eigenvalue weighted by Crippen LogP contribution is -2.14. The Morgan fingerprint density at radius 1 is 1.00 bits per heavy atom. The van der Waals surface area contributed by atoms with Gasteiger partial charge in [-0.05, 0) is 37.4 Å². The SMILES string of the molecule is CC/C=N/OCCOc1ccc(P(C)(=O)c2ccccc2)cc1. The molecule has 0 bridgehead atoms. The number of hydrogen-bond acceptors (Lipinski definition) is 4. The normalized spacial score (nSPS) is 13.7. The van der Waals surface area contributed by atoms with Crippen LogP contribution in [-0.4, -0.2) is 26.1 Å². The molecule has 0 aliphatic carbocycles. The van der Waals surface area contributed by atoms with Crippen LogP contribution in [-0.2, 0) is 9.40 Å². The molecule has 2 aromatic carbocycles. The highest BCUT2D eigenvalue weighted by molar-refractivity contribution is 7.78. The molecule has 1 atom stereocenters. The Bertz CT molecular complexity index is 668. The molecule has 122 valence electrons. The van der Waals surface area contributed by atoms with Crippen molar-refractivity contribution in [3.63, 3.8) is 0 Å². The minimum atomic E-state index is -2.56. The fourth-order valence-electron chi connectivity index (χ4n) is 2.07. The lowest BCUT2D eigenvalue weighted by molar-refractivity contribution is 0.108. The van der Waals surface area contributed by atoms with Gasteiger partial charge >= 0.3 is 0 Å². The first-order chi connectivity index (χ1) is 11.1. The summed E-state index contributed by atoms with van der Waals surface area (Å²) in [6.45, 7) is 4.60. The van der Waals surface area contributed by atoms with Gasteiger partial charge in [0.1, 0.15) is 19.5 Å². The van der Waals surface area contributed by atoms with Gasteiger partial charge in [0.05, 0.1) is 0 Å². The molecule has 2 rings (SSSR count). The highest BCUT2D eigenvalue weighted by atomic mass is 31.2. The Kier molecular flexibility index (Phi) is 6.42. The monoisotopic (exact) mass is 331 g/mol. The van der Waals surface area contributed by atoms with Crippen LogP contribution in [0.25, 0.3) is 0 Å². The van der Waals surface area contributed by atoms with Crippen molar-refractivity contribution in [2.45, 2.75) is 13.3 Å². The van der Waals surface area contributed by atoms with Gasteiger partial charge in [-0.2, -0.15) is 0 Å². The van der Waals surface area contributed by atoms with E-state index in [1.165, 1.54) is 0 Å². The van der Waals surface area contributed by atoms with Gasteiger partial charge in [0.25, 0.3) is 0 Å². The molecule has 0 radical (unpaired) electrons. The van der Waals surface area contributed by atoms with Crippen LogP contribution in [0.15, 0.2) is 59.8 Å². The predicted molar refractivity (Wildman–Crippen MR) is 95.9 cm³/mol. The van der Waals surface area contributed by atoms with Crippen LogP contribution in [0.1, 0.15) is 13.3 Å². The van der Waals surface area contributed by atoms with Crippen molar-refractivity contribution in [1.29, 1.82) is 0 Å². The third kappa shape index (κ3) is 4.97. The lowest BCUT2D eigenvalue weighted by atomic mass is 10.3. The number of hydrogen-bond donors (Lipinski definition) is 0. The Labute approximate surface area is 137 Å². The summed E-state index contributed by atoms with van der Waals surface area (Å²) in [6, 6.07) is 16.9. The molecule has 0 spiro atoms. The zero-order valence-electron chi connectivity index (χ0n) is 13.5. The van der Waals surface area contributed by atoms with E-state index in [4.69, 9.17) is 9.57 Å².